The first-order valence-corrected chi connectivity index (χ1v) is 9.04. The standard InChI is InChI=1S/C16H18BrNO4S/c1-18(11-12-4-6-13(21-2)7-5-12)23(19,20)14-8-9-16(22-3)15(17)10-14/h4-10H,11H2,1-3H3. The lowest BCUT2D eigenvalue weighted by Gasteiger charge is -2.18. The van der Waals surface area contributed by atoms with Gasteiger partial charge in [-0.2, -0.15) is 4.31 Å². The molecule has 0 aliphatic carbocycles. The number of nitrogens with zero attached hydrogens (tertiary/aromatic N) is 1. The second-order valence-corrected chi connectivity index (χ2v) is 7.80. The normalized spacial score (nSPS) is 11.5. The van der Waals surface area contributed by atoms with Gasteiger partial charge in [-0.25, -0.2) is 8.42 Å². The van der Waals surface area contributed by atoms with Crippen LogP contribution in [0.3, 0.4) is 0 Å². The summed E-state index contributed by atoms with van der Waals surface area (Å²) in [5, 5.41) is 0. The number of ether oxygens (including phenoxy) is 2. The molecule has 0 heterocycles. The van der Waals surface area contributed by atoms with Gasteiger partial charge in [0.25, 0.3) is 0 Å². The molecule has 0 aromatic heterocycles. The maximum atomic E-state index is 12.7. The first-order chi connectivity index (χ1) is 10.9. The quantitative estimate of drug-likeness (QED) is 0.747. The molecule has 124 valence electrons. The Kier molecular flexibility index (Phi) is 5.67. The van der Waals surface area contributed by atoms with Crippen molar-refractivity contribution in [2.75, 3.05) is 21.3 Å². The Morgan fingerprint density at radius 3 is 2.22 bits per heavy atom. The SMILES string of the molecule is COc1ccc(CN(C)S(=O)(=O)c2ccc(OC)c(Br)c2)cc1. The van der Waals surface area contributed by atoms with E-state index in [0.717, 1.165) is 11.3 Å². The zero-order chi connectivity index (χ0) is 17.0. The molecule has 0 N–H and O–H groups in total. The van der Waals surface area contributed by atoms with Crippen LogP contribution in [0.25, 0.3) is 0 Å². The van der Waals surface area contributed by atoms with Crippen molar-refractivity contribution in [2.24, 2.45) is 0 Å². The molecule has 0 amide bonds. The van der Waals surface area contributed by atoms with E-state index >= 15 is 0 Å². The van der Waals surface area contributed by atoms with Crippen LogP contribution in [-0.4, -0.2) is 34.0 Å². The second kappa shape index (κ2) is 7.33. The van der Waals surface area contributed by atoms with Gasteiger partial charge in [0.1, 0.15) is 11.5 Å². The van der Waals surface area contributed by atoms with Crippen LogP contribution in [0.1, 0.15) is 5.56 Å². The van der Waals surface area contributed by atoms with Gasteiger partial charge < -0.3 is 9.47 Å². The molecule has 0 atom stereocenters. The minimum Gasteiger partial charge on any atom is -0.497 e. The van der Waals surface area contributed by atoms with E-state index in [1.54, 1.807) is 38.4 Å². The van der Waals surface area contributed by atoms with Crippen molar-refractivity contribution in [1.82, 2.24) is 4.31 Å². The molecular formula is C16H18BrNO4S. The van der Waals surface area contributed by atoms with Gasteiger partial charge in [-0.3, -0.25) is 0 Å². The highest BCUT2D eigenvalue weighted by Gasteiger charge is 2.22. The molecule has 5 nitrogen and oxygen atoms in total. The fourth-order valence-electron chi connectivity index (χ4n) is 2.06. The molecule has 2 rings (SSSR count). The van der Waals surface area contributed by atoms with Gasteiger partial charge in [0, 0.05) is 13.6 Å². The van der Waals surface area contributed by atoms with Crippen molar-refractivity contribution in [1.29, 1.82) is 0 Å². The highest BCUT2D eigenvalue weighted by molar-refractivity contribution is 9.10. The summed E-state index contributed by atoms with van der Waals surface area (Å²) < 4.78 is 37.4. The van der Waals surface area contributed by atoms with Crippen molar-refractivity contribution in [3.8, 4) is 11.5 Å². The molecule has 23 heavy (non-hydrogen) atoms. The van der Waals surface area contributed by atoms with Gasteiger partial charge >= 0.3 is 0 Å². The van der Waals surface area contributed by atoms with Crippen molar-refractivity contribution in [3.05, 3.63) is 52.5 Å². The van der Waals surface area contributed by atoms with Crippen LogP contribution in [-0.2, 0) is 16.6 Å². The zero-order valence-electron chi connectivity index (χ0n) is 13.1. The molecule has 0 saturated carbocycles. The molecule has 0 aliphatic heterocycles. The van der Waals surface area contributed by atoms with Crippen LogP contribution in [0, 0.1) is 0 Å². The molecule has 0 aliphatic rings. The van der Waals surface area contributed by atoms with Crippen molar-refractivity contribution in [2.45, 2.75) is 11.4 Å². The Morgan fingerprint density at radius 1 is 1.04 bits per heavy atom. The first kappa shape index (κ1) is 17.8. The van der Waals surface area contributed by atoms with Gasteiger partial charge in [0.05, 0.1) is 23.6 Å². The smallest absolute Gasteiger partial charge is 0.243 e. The number of methoxy groups -OCH3 is 2. The third-order valence-corrected chi connectivity index (χ3v) is 5.81. The van der Waals surface area contributed by atoms with Gasteiger partial charge in [-0.15, -0.1) is 0 Å². The molecular weight excluding hydrogens is 382 g/mol. The molecule has 0 unspecified atom stereocenters. The summed E-state index contributed by atoms with van der Waals surface area (Å²) in [7, 11) is 1.09. The third kappa shape index (κ3) is 4.04. The predicted molar refractivity (Wildman–Crippen MR) is 92.3 cm³/mol. The summed E-state index contributed by atoms with van der Waals surface area (Å²) in [5.74, 6) is 1.32. The van der Waals surface area contributed by atoms with Crippen molar-refractivity contribution >= 4 is 26.0 Å². The van der Waals surface area contributed by atoms with Crippen LogP contribution >= 0.6 is 15.9 Å². The Morgan fingerprint density at radius 2 is 1.70 bits per heavy atom. The van der Waals surface area contributed by atoms with Crippen LogP contribution < -0.4 is 9.47 Å². The van der Waals surface area contributed by atoms with Gasteiger partial charge in [0.2, 0.25) is 10.0 Å². The molecule has 0 fully saturated rings. The average molecular weight is 400 g/mol. The summed E-state index contributed by atoms with van der Waals surface area (Å²) in [6.07, 6.45) is 0. The molecule has 0 bridgehead atoms. The number of hydrogen-bond acceptors (Lipinski definition) is 4. The zero-order valence-corrected chi connectivity index (χ0v) is 15.5. The van der Waals surface area contributed by atoms with E-state index in [4.69, 9.17) is 9.47 Å². The molecule has 2 aromatic carbocycles. The van der Waals surface area contributed by atoms with E-state index in [0.29, 0.717) is 10.2 Å². The lowest BCUT2D eigenvalue weighted by molar-refractivity contribution is 0.411. The van der Waals surface area contributed by atoms with Crippen LogP contribution in [0.2, 0.25) is 0 Å². The van der Waals surface area contributed by atoms with Crippen LogP contribution in [0.5, 0.6) is 11.5 Å². The minimum atomic E-state index is -3.58. The molecule has 0 spiro atoms. The maximum Gasteiger partial charge on any atom is 0.243 e. The fourth-order valence-corrected chi connectivity index (χ4v) is 3.94. The van der Waals surface area contributed by atoms with E-state index in [1.165, 1.54) is 17.5 Å². The number of rotatable bonds is 6. The maximum absolute atomic E-state index is 12.7. The Bertz CT molecular complexity index is 775. The average Bonchev–Trinajstić information content (AvgIpc) is 2.55. The number of sulfonamides is 1. The van der Waals surface area contributed by atoms with E-state index in [2.05, 4.69) is 15.9 Å². The van der Waals surface area contributed by atoms with Crippen LogP contribution in [0.4, 0.5) is 0 Å². The summed E-state index contributed by atoms with van der Waals surface area (Å²) >= 11 is 3.31. The topological polar surface area (TPSA) is 55.8 Å². The molecule has 0 saturated heterocycles. The number of benzene rings is 2. The van der Waals surface area contributed by atoms with Gasteiger partial charge in [0.15, 0.2) is 0 Å². The van der Waals surface area contributed by atoms with Crippen molar-refractivity contribution in [3.63, 3.8) is 0 Å². The third-order valence-electron chi connectivity index (χ3n) is 3.40. The summed E-state index contributed by atoms with van der Waals surface area (Å²) in [4.78, 5) is 0.209. The van der Waals surface area contributed by atoms with E-state index in [-0.39, 0.29) is 11.4 Å². The van der Waals surface area contributed by atoms with Gasteiger partial charge in [-0.05, 0) is 51.8 Å². The molecule has 7 heteroatoms. The van der Waals surface area contributed by atoms with Crippen molar-refractivity contribution < 1.29 is 17.9 Å². The second-order valence-electron chi connectivity index (χ2n) is 4.91. The summed E-state index contributed by atoms with van der Waals surface area (Å²) in [6, 6.07) is 12.0. The molecule has 0 radical (unpaired) electrons. The summed E-state index contributed by atoms with van der Waals surface area (Å²) in [5.41, 5.74) is 0.879. The number of hydrogen-bond donors (Lipinski definition) is 0. The largest absolute Gasteiger partial charge is 0.497 e. The lowest BCUT2D eigenvalue weighted by atomic mass is 10.2. The Labute approximate surface area is 145 Å². The predicted octanol–water partition coefficient (Wildman–Crippen LogP) is 3.29. The first-order valence-electron chi connectivity index (χ1n) is 6.81. The minimum absolute atomic E-state index is 0.209. The molecule has 2 aromatic rings. The lowest BCUT2D eigenvalue weighted by Crippen LogP contribution is -2.26. The Balaban J connectivity index is 2.22. The fraction of sp³-hybridized carbons (Fsp3) is 0.250. The monoisotopic (exact) mass is 399 g/mol. The highest BCUT2D eigenvalue weighted by Crippen LogP contribution is 2.29. The van der Waals surface area contributed by atoms with Gasteiger partial charge in [-0.1, -0.05) is 12.1 Å². The summed E-state index contributed by atoms with van der Waals surface area (Å²) in [6.45, 7) is 0.274. The highest BCUT2D eigenvalue weighted by atomic mass is 79.9. The van der Waals surface area contributed by atoms with E-state index < -0.39 is 10.0 Å². The Hall–Kier alpha value is -1.57. The van der Waals surface area contributed by atoms with E-state index in [9.17, 15) is 8.42 Å². The number of halogens is 1. The van der Waals surface area contributed by atoms with Crippen LogP contribution in [0.15, 0.2) is 51.8 Å². The van der Waals surface area contributed by atoms with E-state index in [1.807, 2.05) is 12.1 Å².